The summed E-state index contributed by atoms with van der Waals surface area (Å²) in [7, 11) is 1.70. The molecule has 0 spiro atoms. The minimum absolute atomic E-state index is 0.172. The lowest BCUT2D eigenvalue weighted by atomic mass is 10.1. The molecule has 0 aromatic heterocycles. The molecule has 0 bridgehead atoms. The molecule has 1 aliphatic heterocycles. The second-order valence-corrected chi connectivity index (χ2v) is 4.68. The SMILES string of the molecule is COCc1ccc(CNCC2CCC(=O)N2)cc1. The van der Waals surface area contributed by atoms with Crippen molar-refractivity contribution in [1.29, 1.82) is 0 Å². The molecule has 1 heterocycles. The Labute approximate surface area is 108 Å². The molecule has 0 radical (unpaired) electrons. The van der Waals surface area contributed by atoms with E-state index in [4.69, 9.17) is 4.74 Å². The van der Waals surface area contributed by atoms with Crippen molar-refractivity contribution in [1.82, 2.24) is 10.6 Å². The molecule has 18 heavy (non-hydrogen) atoms. The third-order valence-corrected chi connectivity index (χ3v) is 3.14. The fourth-order valence-electron chi connectivity index (χ4n) is 2.14. The Morgan fingerprint density at radius 1 is 1.33 bits per heavy atom. The Bertz CT molecular complexity index is 389. The first-order valence-corrected chi connectivity index (χ1v) is 6.35. The van der Waals surface area contributed by atoms with Gasteiger partial charge in [-0.15, -0.1) is 0 Å². The summed E-state index contributed by atoms with van der Waals surface area (Å²) in [5.41, 5.74) is 2.43. The zero-order chi connectivity index (χ0) is 12.8. The Balaban J connectivity index is 1.71. The monoisotopic (exact) mass is 248 g/mol. The summed E-state index contributed by atoms with van der Waals surface area (Å²) >= 11 is 0. The van der Waals surface area contributed by atoms with Crippen LogP contribution in [0.1, 0.15) is 24.0 Å². The van der Waals surface area contributed by atoms with Gasteiger partial charge in [0.05, 0.1) is 6.61 Å². The first-order valence-electron chi connectivity index (χ1n) is 6.35. The number of methoxy groups -OCH3 is 1. The molecule has 98 valence electrons. The average molecular weight is 248 g/mol. The molecule has 1 unspecified atom stereocenters. The fourth-order valence-corrected chi connectivity index (χ4v) is 2.14. The van der Waals surface area contributed by atoms with E-state index in [-0.39, 0.29) is 5.91 Å². The molecule has 1 saturated heterocycles. The lowest BCUT2D eigenvalue weighted by molar-refractivity contribution is -0.119. The van der Waals surface area contributed by atoms with Crippen molar-refractivity contribution in [2.45, 2.75) is 32.0 Å². The van der Waals surface area contributed by atoms with Crippen LogP contribution in [0, 0.1) is 0 Å². The molecule has 1 aliphatic rings. The number of benzene rings is 1. The summed E-state index contributed by atoms with van der Waals surface area (Å²) in [6.45, 7) is 2.33. The standard InChI is InChI=1S/C14H20N2O2/c1-18-10-12-4-2-11(3-5-12)8-15-9-13-6-7-14(17)16-13/h2-5,13,15H,6-10H2,1H3,(H,16,17). The van der Waals surface area contributed by atoms with Crippen molar-refractivity contribution in [3.63, 3.8) is 0 Å². The van der Waals surface area contributed by atoms with Crippen molar-refractivity contribution in [2.24, 2.45) is 0 Å². The number of carbonyl (C=O) groups excluding carboxylic acids is 1. The van der Waals surface area contributed by atoms with Crippen LogP contribution >= 0.6 is 0 Å². The predicted molar refractivity (Wildman–Crippen MR) is 70.0 cm³/mol. The topological polar surface area (TPSA) is 50.4 Å². The molecule has 1 fully saturated rings. The number of rotatable bonds is 6. The highest BCUT2D eigenvalue weighted by atomic mass is 16.5. The highest BCUT2D eigenvalue weighted by Crippen LogP contribution is 2.07. The normalized spacial score (nSPS) is 18.9. The summed E-state index contributed by atoms with van der Waals surface area (Å²) < 4.78 is 5.07. The molecule has 2 rings (SSSR count). The van der Waals surface area contributed by atoms with Gasteiger partial charge in [0.15, 0.2) is 0 Å². The molecule has 1 aromatic rings. The van der Waals surface area contributed by atoms with Gasteiger partial charge in [-0.3, -0.25) is 4.79 Å². The third-order valence-electron chi connectivity index (χ3n) is 3.14. The Kier molecular flexibility index (Phi) is 4.73. The number of ether oxygens (including phenoxy) is 1. The molecule has 0 aliphatic carbocycles. The molecule has 4 nitrogen and oxygen atoms in total. The average Bonchev–Trinajstić information content (AvgIpc) is 2.78. The second kappa shape index (κ2) is 6.52. The molecule has 0 saturated carbocycles. The van der Waals surface area contributed by atoms with Crippen molar-refractivity contribution < 1.29 is 9.53 Å². The van der Waals surface area contributed by atoms with Crippen LogP contribution in [-0.4, -0.2) is 25.6 Å². The summed E-state index contributed by atoms with van der Waals surface area (Å²) in [6, 6.07) is 8.67. The minimum Gasteiger partial charge on any atom is -0.380 e. The van der Waals surface area contributed by atoms with E-state index >= 15 is 0 Å². The lowest BCUT2D eigenvalue weighted by Gasteiger charge is -2.11. The summed E-state index contributed by atoms with van der Waals surface area (Å²) in [4.78, 5) is 11.0. The van der Waals surface area contributed by atoms with Gasteiger partial charge in [-0.25, -0.2) is 0 Å². The lowest BCUT2D eigenvalue weighted by Crippen LogP contribution is -2.35. The van der Waals surface area contributed by atoms with Crippen molar-refractivity contribution >= 4 is 5.91 Å². The molecular formula is C14H20N2O2. The van der Waals surface area contributed by atoms with E-state index in [0.29, 0.717) is 19.1 Å². The van der Waals surface area contributed by atoms with Gasteiger partial charge >= 0.3 is 0 Å². The molecule has 4 heteroatoms. The maximum absolute atomic E-state index is 11.0. The molecule has 1 atom stereocenters. The number of hydrogen-bond acceptors (Lipinski definition) is 3. The summed E-state index contributed by atoms with van der Waals surface area (Å²) in [6.07, 6.45) is 1.61. The maximum Gasteiger partial charge on any atom is 0.220 e. The van der Waals surface area contributed by atoms with Gasteiger partial charge in [0.25, 0.3) is 0 Å². The first kappa shape index (κ1) is 13.1. The summed E-state index contributed by atoms with van der Waals surface area (Å²) in [5.74, 6) is 0.172. The number of hydrogen-bond donors (Lipinski definition) is 2. The van der Waals surface area contributed by atoms with E-state index in [1.54, 1.807) is 7.11 Å². The van der Waals surface area contributed by atoms with Gasteiger partial charge in [0.2, 0.25) is 5.91 Å². The smallest absolute Gasteiger partial charge is 0.220 e. The van der Waals surface area contributed by atoms with Crippen molar-refractivity contribution in [3.8, 4) is 0 Å². The van der Waals surface area contributed by atoms with Gasteiger partial charge in [0.1, 0.15) is 0 Å². The van der Waals surface area contributed by atoms with Crippen molar-refractivity contribution in [3.05, 3.63) is 35.4 Å². The third kappa shape index (κ3) is 3.82. The Morgan fingerprint density at radius 2 is 2.06 bits per heavy atom. The molecular weight excluding hydrogens is 228 g/mol. The molecule has 1 aromatic carbocycles. The van der Waals surface area contributed by atoms with Crippen LogP contribution in [0.25, 0.3) is 0 Å². The van der Waals surface area contributed by atoms with Gasteiger partial charge in [-0.1, -0.05) is 24.3 Å². The fraction of sp³-hybridized carbons (Fsp3) is 0.500. The van der Waals surface area contributed by atoms with E-state index in [1.807, 2.05) is 0 Å². The number of nitrogens with one attached hydrogen (secondary N) is 2. The molecule has 1 amide bonds. The minimum atomic E-state index is 0.172. The van der Waals surface area contributed by atoms with Crippen LogP contribution in [0.2, 0.25) is 0 Å². The highest BCUT2D eigenvalue weighted by Gasteiger charge is 2.19. The van der Waals surface area contributed by atoms with Gasteiger partial charge in [-0.05, 0) is 17.5 Å². The van der Waals surface area contributed by atoms with Crippen LogP contribution in [0.5, 0.6) is 0 Å². The van der Waals surface area contributed by atoms with E-state index in [2.05, 4.69) is 34.9 Å². The quantitative estimate of drug-likeness (QED) is 0.795. The van der Waals surface area contributed by atoms with Crippen LogP contribution < -0.4 is 10.6 Å². The van der Waals surface area contributed by atoms with Crippen LogP contribution in [-0.2, 0) is 22.7 Å². The van der Waals surface area contributed by atoms with E-state index in [9.17, 15) is 4.79 Å². The Hall–Kier alpha value is -1.39. The van der Waals surface area contributed by atoms with Crippen LogP contribution in [0.4, 0.5) is 0 Å². The number of carbonyl (C=O) groups is 1. The largest absolute Gasteiger partial charge is 0.380 e. The highest BCUT2D eigenvalue weighted by molar-refractivity contribution is 5.78. The van der Waals surface area contributed by atoms with Gasteiger partial charge < -0.3 is 15.4 Å². The van der Waals surface area contributed by atoms with Crippen LogP contribution in [0.3, 0.4) is 0 Å². The van der Waals surface area contributed by atoms with E-state index in [1.165, 1.54) is 11.1 Å². The van der Waals surface area contributed by atoms with Crippen LogP contribution in [0.15, 0.2) is 24.3 Å². The van der Waals surface area contributed by atoms with Crippen molar-refractivity contribution in [2.75, 3.05) is 13.7 Å². The zero-order valence-corrected chi connectivity index (χ0v) is 10.7. The Morgan fingerprint density at radius 3 is 2.67 bits per heavy atom. The molecule has 2 N–H and O–H groups in total. The number of amides is 1. The second-order valence-electron chi connectivity index (χ2n) is 4.68. The zero-order valence-electron chi connectivity index (χ0n) is 10.7. The van der Waals surface area contributed by atoms with E-state index < -0.39 is 0 Å². The predicted octanol–water partition coefficient (Wildman–Crippen LogP) is 1.20. The first-order chi connectivity index (χ1) is 8.78. The van der Waals surface area contributed by atoms with Gasteiger partial charge in [0, 0.05) is 32.7 Å². The maximum atomic E-state index is 11.0. The summed E-state index contributed by atoms with van der Waals surface area (Å²) in [5, 5.41) is 6.32. The van der Waals surface area contributed by atoms with Gasteiger partial charge in [-0.2, -0.15) is 0 Å². The van der Waals surface area contributed by atoms with E-state index in [0.717, 1.165) is 19.5 Å².